The molecule has 0 unspecified atom stereocenters. The zero-order valence-electron chi connectivity index (χ0n) is 15.2. The first-order valence-electron chi connectivity index (χ1n) is 8.34. The van der Waals surface area contributed by atoms with Crippen LogP contribution in [-0.2, 0) is 0 Å². The van der Waals surface area contributed by atoms with Crippen LogP contribution in [0.25, 0.3) is 0 Å². The summed E-state index contributed by atoms with van der Waals surface area (Å²) >= 11 is 0.890. The molecule has 0 fully saturated rings. The molecule has 3 rings (SSSR count). The van der Waals surface area contributed by atoms with Crippen LogP contribution in [0.1, 0.15) is 36.1 Å². The first-order chi connectivity index (χ1) is 14.0. The maximum Gasteiger partial charge on any atom is 0.360 e. The quantitative estimate of drug-likeness (QED) is 0.177. The lowest BCUT2D eigenvalue weighted by Crippen LogP contribution is -2.42. The fourth-order valence-electron chi connectivity index (χ4n) is 2.28. The fourth-order valence-corrected chi connectivity index (χ4v) is 3.11. The van der Waals surface area contributed by atoms with Gasteiger partial charge in [0, 0.05) is 11.1 Å². The Balaban J connectivity index is 1.76. The molecule has 0 aliphatic rings. The SMILES string of the molecule is Cc1nc(N=[N+]=NC(=O)c2ccccc2)sc1C(=O)N(N)C(=O)c1ccccc1. The summed E-state index contributed by atoms with van der Waals surface area (Å²) in [7, 11) is 0. The molecule has 1 aromatic heterocycles. The molecule has 0 saturated carbocycles. The lowest BCUT2D eigenvalue weighted by molar-refractivity contribution is 0.0617. The van der Waals surface area contributed by atoms with E-state index in [4.69, 9.17) is 5.84 Å². The number of hydrogen-bond acceptors (Lipinski definition) is 7. The maximum absolute atomic E-state index is 12.6. The minimum absolute atomic E-state index is 0.107. The average Bonchev–Trinajstić information content (AvgIpc) is 3.13. The van der Waals surface area contributed by atoms with Crippen LogP contribution in [0.5, 0.6) is 0 Å². The van der Waals surface area contributed by atoms with Crippen molar-refractivity contribution in [1.82, 2.24) is 14.9 Å². The van der Waals surface area contributed by atoms with Crippen molar-refractivity contribution >= 4 is 34.2 Å². The second-order valence-corrected chi connectivity index (χ2v) is 6.70. The Kier molecular flexibility index (Phi) is 6.10. The van der Waals surface area contributed by atoms with E-state index in [1.54, 1.807) is 67.6 Å². The molecule has 0 saturated heterocycles. The smallest absolute Gasteiger partial charge is 0.267 e. The molecular formula is C19H15N6O3S+. The van der Waals surface area contributed by atoms with Crippen molar-refractivity contribution < 1.29 is 14.4 Å². The summed E-state index contributed by atoms with van der Waals surface area (Å²) in [5.41, 5.74) is 0.985. The van der Waals surface area contributed by atoms with Crippen molar-refractivity contribution in [2.45, 2.75) is 6.92 Å². The Hall–Kier alpha value is -3.85. The molecule has 1 heterocycles. The van der Waals surface area contributed by atoms with Gasteiger partial charge in [0.15, 0.2) is 5.11 Å². The Labute approximate surface area is 169 Å². The predicted octanol–water partition coefficient (Wildman–Crippen LogP) is 3.05. The number of hydrogen-bond donors (Lipinski definition) is 1. The monoisotopic (exact) mass is 407 g/mol. The van der Waals surface area contributed by atoms with Crippen molar-refractivity contribution in [1.29, 1.82) is 0 Å². The summed E-state index contributed by atoms with van der Waals surface area (Å²) in [6.45, 7) is 1.58. The van der Waals surface area contributed by atoms with E-state index in [0.717, 1.165) is 11.3 Å². The largest absolute Gasteiger partial charge is 0.360 e. The standard InChI is InChI=1S/C19H14N6O3S/c1-12-15(18(28)25(20)17(27)14-10-6-3-7-11-14)29-19(21-12)23-24-22-16(26)13-8-4-2-5-9-13/h2-11,20H,1H3/p+1. The van der Waals surface area contributed by atoms with Crippen LogP contribution in [0.3, 0.4) is 0 Å². The number of thiazole rings is 1. The van der Waals surface area contributed by atoms with E-state index in [1.807, 2.05) is 0 Å². The molecule has 0 aliphatic heterocycles. The van der Waals surface area contributed by atoms with E-state index in [0.29, 0.717) is 16.3 Å². The van der Waals surface area contributed by atoms with Gasteiger partial charge in [-0.3, -0.25) is 14.4 Å². The van der Waals surface area contributed by atoms with Crippen LogP contribution in [0.4, 0.5) is 5.13 Å². The predicted molar refractivity (Wildman–Crippen MR) is 105 cm³/mol. The molecule has 3 amide bonds. The Morgan fingerprint density at radius 3 is 2.17 bits per heavy atom. The van der Waals surface area contributed by atoms with Crippen LogP contribution in [0.15, 0.2) is 70.9 Å². The van der Waals surface area contributed by atoms with E-state index < -0.39 is 17.7 Å². The number of aryl methyl sites for hydroxylation is 1. The molecule has 144 valence electrons. The number of rotatable bonds is 4. The van der Waals surface area contributed by atoms with Crippen LogP contribution in [0, 0.1) is 6.92 Å². The molecule has 0 aliphatic carbocycles. The van der Waals surface area contributed by atoms with Gasteiger partial charge in [-0.2, -0.15) is 0 Å². The number of hydrazine groups is 1. The van der Waals surface area contributed by atoms with Gasteiger partial charge in [-0.15, -0.1) is 0 Å². The van der Waals surface area contributed by atoms with Gasteiger partial charge >= 0.3 is 5.91 Å². The summed E-state index contributed by atoms with van der Waals surface area (Å²) in [4.78, 5) is 44.5. The second-order valence-electron chi connectivity index (χ2n) is 5.72. The molecule has 2 N–H and O–H groups in total. The molecule has 3 aromatic rings. The molecular weight excluding hydrogens is 392 g/mol. The third-order valence-corrected chi connectivity index (χ3v) is 4.75. The van der Waals surface area contributed by atoms with Gasteiger partial charge in [0.2, 0.25) is 10.0 Å². The van der Waals surface area contributed by atoms with E-state index in [-0.39, 0.29) is 15.6 Å². The van der Waals surface area contributed by atoms with Gasteiger partial charge in [-0.1, -0.05) is 47.7 Å². The topological polar surface area (TPSA) is 132 Å². The van der Waals surface area contributed by atoms with Crippen LogP contribution in [-0.4, -0.2) is 27.7 Å². The maximum atomic E-state index is 12.6. The summed E-state index contributed by atoms with van der Waals surface area (Å²) in [5.74, 6) is 3.79. The first kappa shape index (κ1) is 19.9. The molecule has 9 nitrogen and oxygen atoms in total. The van der Waals surface area contributed by atoms with Crippen molar-refractivity contribution in [3.8, 4) is 0 Å². The minimum Gasteiger partial charge on any atom is -0.267 e. The molecule has 0 atom stereocenters. The van der Waals surface area contributed by atoms with Crippen molar-refractivity contribution in [2.75, 3.05) is 0 Å². The van der Waals surface area contributed by atoms with Crippen molar-refractivity contribution in [2.24, 2.45) is 16.1 Å². The first-order valence-corrected chi connectivity index (χ1v) is 9.16. The van der Waals surface area contributed by atoms with Crippen LogP contribution < -0.4 is 10.8 Å². The van der Waals surface area contributed by atoms with Crippen molar-refractivity contribution in [3.05, 3.63) is 82.4 Å². The number of imide groups is 1. The van der Waals surface area contributed by atoms with E-state index in [1.165, 1.54) is 0 Å². The normalized spacial score (nSPS) is 10.0. The Bertz CT molecular complexity index is 1120. The van der Waals surface area contributed by atoms with Crippen LogP contribution >= 0.6 is 11.3 Å². The zero-order valence-corrected chi connectivity index (χ0v) is 16.0. The van der Waals surface area contributed by atoms with Gasteiger partial charge in [0.25, 0.3) is 16.9 Å². The number of carbonyl (C=O) groups excluding carboxylic acids is 3. The van der Waals surface area contributed by atoms with Gasteiger partial charge in [0.05, 0.1) is 5.69 Å². The molecule has 0 spiro atoms. The lowest BCUT2D eigenvalue weighted by atomic mass is 10.2. The Morgan fingerprint density at radius 1 is 0.966 bits per heavy atom. The number of aromatic nitrogens is 1. The van der Waals surface area contributed by atoms with E-state index in [9.17, 15) is 14.4 Å². The summed E-state index contributed by atoms with van der Waals surface area (Å²) in [6.07, 6.45) is 0. The highest BCUT2D eigenvalue weighted by molar-refractivity contribution is 7.17. The van der Waals surface area contributed by atoms with Gasteiger partial charge in [0.1, 0.15) is 4.88 Å². The Morgan fingerprint density at radius 2 is 1.55 bits per heavy atom. The lowest BCUT2D eigenvalue weighted by Gasteiger charge is -2.13. The minimum atomic E-state index is -0.715. The van der Waals surface area contributed by atoms with Crippen LogP contribution in [0.2, 0.25) is 0 Å². The molecule has 0 radical (unpaired) electrons. The fraction of sp³-hybridized carbons (Fsp3) is 0.0526. The van der Waals surface area contributed by atoms with Gasteiger partial charge in [-0.05, 0) is 31.2 Å². The summed E-state index contributed by atoms with van der Waals surface area (Å²) < 4.78 is 0. The molecule has 10 heteroatoms. The van der Waals surface area contributed by atoms with E-state index >= 15 is 0 Å². The number of nitrogens with zero attached hydrogens (tertiary/aromatic N) is 5. The number of benzene rings is 2. The number of amides is 3. The highest BCUT2D eigenvalue weighted by atomic mass is 32.1. The van der Waals surface area contributed by atoms with Crippen molar-refractivity contribution in [3.63, 3.8) is 0 Å². The zero-order chi connectivity index (χ0) is 20.8. The van der Waals surface area contributed by atoms with Gasteiger partial charge in [-0.25, -0.2) is 15.8 Å². The molecule has 29 heavy (non-hydrogen) atoms. The molecule has 2 aromatic carbocycles. The number of carbonyl (C=O) groups is 3. The third-order valence-electron chi connectivity index (χ3n) is 3.72. The summed E-state index contributed by atoms with van der Waals surface area (Å²) in [5, 5.41) is 7.87. The second kappa shape index (κ2) is 8.89. The highest BCUT2D eigenvalue weighted by Gasteiger charge is 2.26. The van der Waals surface area contributed by atoms with E-state index in [2.05, 4.69) is 20.1 Å². The molecule has 0 bridgehead atoms. The third kappa shape index (κ3) is 4.71. The average molecular weight is 407 g/mol. The highest BCUT2D eigenvalue weighted by Crippen LogP contribution is 2.25. The number of nitrogens with two attached hydrogens (primary N) is 1. The van der Waals surface area contributed by atoms with Gasteiger partial charge < -0.3 is 0 Å². The summed E-state index contributed by atoms with van der Waals surface area (Å²) in [6, 6.07) is 16.6.